The van der Waals surface area contributed by atoms with Crippen LogP contribution in [0.15, 0.2) is 71.6 Å². The summed E-state index contributed by atoms with van der Waals surface area (Å²) < 4.78 is 27.7. The lowest BCUT2D eigenvalue weighted by Gasteiger charge is -2.28. The highest BCUT2D eigenvalue weighted by molar-refractivity contribution is 7.89. The van der Waals surface area contributed by atoms with Gasteiger partial charge in [0.15, 0.2) is 0 Å². The van der Waals surface area contributed by atoms with Crippen LogP contribution < -0.4 is 10.2 Å². The van der Waals surface area contributed by atoms with Gasteiger partial charge >= 0.3 is 0 Å². The lowest BCUT2D eigenvalue weighted by molar-refractivity contribution is 0.102. The summed E-state index contributed by atoms with van der Waals surface area (Å²) in [6, 6.07) is 20.0. The Kier molecular flexibility index (Phi) is 6.04. The first-order valence-electron chi connectivity index (χ1n) is 10.5. The molecule has 1 heterocycles. The number of nitrogens with one attached hydrogen (secondary N) is 1. The van der Waals surface area contributed by atoms with Crippen LogP contribution in [0.2, 0.25) is 0 Å². The highest BCUT2D eigenvalue weighted by Gasteiger charge is 2.28. The topological polar surface area (TPSA) is 69.7 Å². The third-order valence-corrected chi connectivity index (χ3v) is 7.61. The van der Waals surface area contributed by atoms with E-state index >= 15 is 0 Å². The average Bonchev–Trinajstić information content (AvgIpc) is 2.79. The third-order valence-electron chi connectivity index (χ3n) is 5.75. The number of nitrogens with zero attached hydrogens (tertiary/aromatic N) is 2. The molecule has 0 unspecified atom stereocenters. The number of carbonyl (C=O) groups excluding carboxylic acids is 1. The molecule has 0 atom stereocenters. The fraction of sp³-hybridized carbons (Fsp3) is 0.240. The van der Waals surface area contributed by atoms with Gasteiger partial charge in [-0.15, -0.1) is 0 Å². The molecule has 3 aromatic carbocycles. The van der Waals surface area contributed by atoms with Crippen LogP contribution in [0.1, 0.15) is 27.0 Å². The maximum Gasteiger partial charge on any atom is 0.255 e. The minimum atomic E-state index is -3.57. The number of sulfonamides is 1. The monoisotopic (exact) mass is 449 g/mol. The van der Waals surface area contributed by atoms with Gasteiger partial charge in [-0.2, -0.15) is 4.31 Å². The molecule has 1 N–H and O–H groups in total. The smallest absolute Gasteiger partial charge is 0.255 e. The van der Waals surface area contributed by atoms with Crippen LogP contribution in [-0.2, 0) is 23.0 Å². The van der Waals surface area contributed by atoms with Crippen molar-refractivity contribution in [2.45, 2.75) is 24.8 Å². The van der Waals surface area contributed by atoms with Crippen LogP contribution in [-0.4, -0.2) is 39.3 Å². The Labute approximate surface area is 189 Å². The van der Waals surface area contributed by atoms with Gasteiger partial charge in [0.25, 0.3) is 5.91 Å². The maximum absolute atomic E-state index is 13.1. The zero-order valence-corrected chi connectivity index (χ0v) is 19.3. The number of amides is 1. The Hall–Kier alpha value is -3.16. The highest BCUT2D eigenvalue weighted by atomic mass is 32.2. The molecule has 3 aromatic rings. The standard InChI is InChI=1S/C25H27N3O3S/c1-18-4-12-24(13-5-18)32(30,31)28-15-14-19-6-9-22(16-21(19)17-28)26-25(29)20-7-10-23(11-8-20)27(2)3/h4-13,16H,14-15,17H2,1-3H3,(H,26,29). The van der Waals surface area contributed by atoms with Gasteiger partial charge in [0.1, 0.15) is 0 Å². The van der Waals surface area contributed by atoms with E-state index in [1.807, 2.05) is 68.4 Å². The molecule has 32 heavy (non-hydrogen) atoms. The first-order valence-corrected chi connectivity index (χ1v) is 12.0. The van der Waals surface area contributed by atoms with Crippen molar-refractivity contribution in [1.82, 2.24) is 4.31 Å². The molecule has 7 heteroatoms. The molecule has 0 saturated carbocycles. The molecule has 0 aliphatic carbocycles. The van der Waals surface area contributed by atoms with Crippen molar-refractivity contribution in [3.05, 3.63) is 89.0 Å². The van der Waals surface area contributed by atoms with Crippen molar-refractivity contribution in [3.63, 3.8) is 0 Å². The Morgan fingerprint density at radius 3 is 2.28 bits per heavy atom. The minimum Gasteiger partial charge on any atom is -0.378 e. The van der Waals surface area contributed by atoms with E-state index in [-0.39, 0.29) is 12.5 Å². The Morgan fingerprint density at radius 1 is 0.938 bits per heavy atom. The molecular formula is C25H27N3O3S. The van der Waals surface area contributed by atoms with Crippen molar-refractivity contribution in [1.29, 1.82) is 0 Å². The van der Waals surface area contributed by atoms with Gasteiger partial charge in [-0.25, -0.2) is 8.42 Å². The largest absolute Gasteiger partial charge is 0.378 e. The predicted molar refractivity (Wildman–Crippen MR) is 128 cm³/mol. The van der Waals surface area contributed by atoms with E-state index in [0.717, 1.165) is 22.4 Å². The summed E-state index contributed by atoms with van der Waals surface area (Å²) in [5.41, 5.74) is 5.27. The lowest BCUT2D eigenvalue weighted by Crippen LogP contribution is -2.36. The lowest BCUT2D eigenvalue weighted by atomic mass is 10.0. The Morgan fingerprint density at radius 2 is 1.62 bits per heavy atom. The van der Waals surface area contributed by atoms with Gasteiger partial charge in [-0.3, -0.25) is 4.79 Å². The number of hydrogen-bond donors (Lipinski definition) is 1. The van der Waals surface area contributed by atoms with E-state index in [4.69, 9.17) is 0 Å². The number of rotatable bonds is 5. The van der Waals surface area contributed by atoms with E-state index in [9.17, 15) is 13.2 Å². The van der Waals surface area contributed by atoms with Crippen molar-refractivity contribution in [2.24, 2.45) is 0 Å². The molecular weight excluding hydrogens is 422 g/mol. The van der Waals surface area contributed by atoms with Crippen LogP contribution in [0.25, 0.3) is 0 Å². The molecule has 1 aliphatic heterocycles. The molecule has 0 aromatic heterocycles. The zero-order chi connectivity index (χ0) is 22.9. The van der Waals surface area contributed by atoms with Crippen LogP contribution in [0.5, 0.6) is 0 Å². The van der Waals surface area contributed by atoms with Crippen LogP contribution >= 0.6 is 0 Å². The molecule has 1 amide bonds. The molecule has 6 nitrogen and oxygen atoms in total. The van der Waals surface area contributed by atoms with Crippen molar-refractivity contribution >= 4 is 27.3 Å². The first-order chi connectivity index (χ1) is 15.2. The zero-order valence-electron chi connectivity index (χ0n) is 18.5. The quantitative estimate of drug-likeness (QED) is 0.638. The normalized spacial score (nSPS) is 14.0. The van der Waals surface area contributed by atoms with Crippen LogP contribution in [0.3, 0.4) is 0 Å². The molecule has 4 rings (SSSR count). The fourth-order valence-corrected chi connectivity index (χ4v) is 5.21. The van der Waals surface area contributed by atoms with E-state index in [1.54, 1.807) is 24.3 Å². The average molecular weight is 450 g/mol. The SMILES string of the molecule is Cc1ccc(S(=O)(=O)N2CCc3ccc(NC(=O)c4ccc(N(C)C)cc4)cc3C2)cc1. The minimum absolute atomic E-state index is 0.199. The van der Waals surface area contributed by atoms with Crippen LogP contribution in [0.4, 0.5) is 11.4 Å². The van der Waals surface area contributed by atoms with Gasteiger partial charge in [-0.05, 0) is 73.0 Å². The summed E-state index contributed by atoms with van der Waals surface area (Å²) in [5, 5.41) is 2.93. The van der Waals surface area contributed by atoms with Crippen LogP contribution in [0, 0.1) is 6.92 Å². The molecule has 0 fully saturated rings. The number of fused-ring (bicyclic) bond motifs is 1. The number of aryl methyl sites for hydroxylation is 1. The third kappa shape index (κ3) is 4.54. The van der Waals surface area contributed by atoms with E-state index in [0.29, 0.717) is 29.1 Å². The van der Waals surface area contributed by atoms with Crippen molar-refractivity contribution in [2.75, 3.05) is 30.9 Å². The maximum atomic E-state index is 13.1. The molecule has 0 spiro atoms. The number of carbonyl (C=O) groups is 1. The van der Waals surface area contributed by atoms with E-state index < -0.39 is 10.0 Å². The van der Waals surface area contributed by atoms with Gasteiger partial charge < -0.3 is 10.2 Å². The van der Waals surface area contributed by atoms with Gasteiger partial charge in [0.2, 0.25) is 10.0 Å². The summed E-state index contributed by atoms with van der Waals surface area (Å²) in [6.45, 7) is 2.65. The summed E-state index contributed by atoms with van der Waals surface area (Å²) in [7, 11) is 0.328. The number of benzene rings is 3. The highest BCUT2D eigenvalue weighted by Crippen LogP contribution is 2.27. The number of anilines is 2. The van der Waals surface area contributed by atoms with Gasteiger partial charge in [0.05, 0.1) is 4.90 Å². The second kappa shape index (κ2) is 8.76. The second-order valence-corrected chi connectivity index (χ2v) is 10.2. The molecule has 166 valence electrons. The summed E-state index contributed by atoms with van der Waals surface area (Å²) in [4.78, 5) is 14.9. The van der Waals surface area contributed by atoms with Crippen molar-refractivity contribution < 1.29 is 13.2 Å². The first kappa shape index (κ1) is 22.0. The van der Waals surface area contributed by atoms with E-state index in [2.05, 4.69) is 5.32 Å². The summed E-state index contributed by atoms with van der Waals surface area (Å²) >= 11 is 0. The van der Waals surface area contributed by atoms with E-state index in [1.165, 1.54) is 4.31 Å². The summed E-state index contributed by atoms with van der Waals surface area (Å²) in [5.74, 6) is -0.199. The number of hydrogen-bond acceptors (Lipinski definition) is 4. The van der Waals surface area contributed by atoms with Crippen molar-refractivity contribution in [3.8, 4) is 0 Å². The summed E-state index contributed by atoms with van der Waals surface area (Å²) in [6.07, 6.45) is 0.640. The fourth-order valence-electron chi connectivity index (χ4n) is 3.79. The Bertz CT molecular complexity index is 1230. The molecule has 0 radical (unpaired) electrons. The Balaban J connectivity index is 1.51. The molecule has 0 bridgehead atoms. The predicted octanol–water partition coefficient (Wildman–Crippen LogP) is 4.06. The van der Waals surface area contributed by atoms with Gasteiger partial charge in [-0.1, -0.05) is 23.8 Å². The van der Waals surface area contributed by atoms with Gasteiger partial charge in [0, 0.05) is 44.1 Å². The molecule has 1 aliphatic rings. The second-order valence-electron chi connectivity index (χ2n) is 8.28. The molecule has 0 saturated heterocycles.